The van der Waals surface area contributed by atoms with Crippen LogP contribution in [0.15, 0.2) is 18.2 Å². The maximum Gasteiger partial charge on any atom is 0.306 e. The number of aromatic hydroxyl groups is 1. The highest BCUT2D eigenvalue weighted by Gasteiger charge is 2.40. The predicted octanol–water partition coefficient (Wildman–Crippen LogP) is 2.53. The number of carboxylic acids is 1. The van der Waals surface area contributed by atoms with Gasteiger partial charge in [-0.25, -0.2) is 0 Å². The second-order valence-electron chi connectivity index (χ2n) is 5.23. The molecule has 20 heavy (non-hydrogen) atoms. The fraction of sp³-hybridized carbons (Fsp3) is 0.400. The van der Waals surface area contributed by atoms with E-state index in [2.05, 4.69) is 4.98 Å². The van der Waals surface area contributed by atoms with Gasteiger partial charge in [-0.05, 0) is 36.6 Å². The van der Waals surface area contributed by atoms with Crippen molar-refractivity contribution in [3.05, 3.63) is 29.5 Å². The zero-order valence-corrected chi connectivity index (χ0v) is 11.3. The van der Waals surface area contributed by atoms with Crippen LogP contribution in [-0.2, 0) is 21.6 Å². The third-order valence-electron chi connectivity index (χ3n) is 4.08. The van der Waals surface area contributed by atoms with E-state index in [4.69, 9.17) is 4.74 Å². The molecule has 0 saturated heterocycles. The first-order chi connectivity index (χ1) is 9.55. The maximum atomic E-state index is 11.2. The summed E-state index contributed by atoms with van der Waals surface area (Å²) in [6.45, 7) is 2.43. The smallest absolute Gasteiger partial charge is 0.306 e. The van der Waals surface area contributed by atoms with Gasteiger partial charge in [0.2, 0.25) is 0 Å². The van der Waals surface area contributed by atoms with Gasteiger partial charge in [0.15, 0.2) is 0 Å². The monoisotopic (exact) mass is 275 g/mol. The zero-order chi connectivity index (χ0) is 14.3. The Kier molecular flexibility index (Phi) is 2.94. The molecule has 0 bridgehead atoms. The summed E-state index contributed by atoms with van der Waals surface area (Å²) >= 11 is 0. The van der Waals surface area contributed by atoms with Gasteiger partial charge in [-0.15, -0.1) is 0 Å². The number of benzene rings is 1. The summed E-state index contributed by atoms with van der Waals surface area (Å²) in [5.41, 5.74) is 2.01. The largest absolute Gasteiger partial charge is 0.508 e. The summed E-state index contributed by atoms with van der Waals surface area (Å²) < 4.78 is 5.84. The number of ether oxygens (including phenoxy) is 1. The number of aliphatic carboxylic acids is 1. The molecule has 1 aromatic carbocycles. The van der Waals surface area contributed by atoms with Crippen LogP contribution in [0.1, 0.15) is 31.0 Å². The molecule has 3 rings (SSSR count). The summed E-state index contributed by atoms with van der Waals surface area (Å²) in [7, 11) is 0. The van der Waals surface area contributed by atoms with Crippen LogP contribution < -0.4 is 0 Å². The van der Waals surface area contributed by atoms with E-state index in [1.807, 2.05) is 13.0 Å². The molecule has 1 unspecified atom stereocenters. The molecule has 5 heteroatoms. The Labute approximate surface area is 116 Å². The molecule has 3 N–H and O–H groups in total. The first-order valence-electron chi connectivity index (χ1n) is 6.75. The van der Waals surface area contributed by atoms with Gasteiger partial charge in [0.1, 0.15) is 11.4 Å². The number of nitrogens with one attached hydrogen (secondary N) is 1. The van der Waals surface area contributed by atoms with Crippen molar-refractivity contribution >= 4 is 16.9 Å². The lowest BCUT2D eigenvalue weighted by Crippen LogP contribution is -2.37. The van der Waals surface area contributed by atoms with E-state index in [1.54, 1.807) is 12.1 Å². The fourth-order valence-corrected chi connectivity index (χ4v) is 3.09. The number of carboxylic acid groups (broad SMARTS) is 1. The number of hydrogen-bond donors (Lipinski definition) is 3. The van der Waals surface area contributed by atoms with Crippen LogP contribution in [0.25, 0.3) is 10.9 Å². The van der Waals surface area contributed by atoms with Crippen molar-refractivity contribution in [1.82, 2.24) is 4.98 Å². The van der Waals surface area contributed by atoms with Crippen molar-refractivity contribution < 1.29 is 19.7 Å². The third kappa shape index (κ3) is 1.86. The average molecular weight is 275 g/mol. The Morgan fingerprint density at radius 2 is 2.30 bits per heavy atom. The van der Waals surface area contributed by atoms with Crippen molar-refractivity contribution in [3.63, 3.8) is 0 Å². The topological polar surface area (TPSA) is 82.5 Å². The molecule has 0 aliphatic carbocycles. The molecule has 2 aromatic rings. The van der Waals surface area contributed by atoms with E-state index >= 15 is 0 Å². The molecule has 0 radical (unpaired) electrons. The van der Waals surface area contributed by atoms with Gasteiger partial charge in [-0.2, -0.15) is 0 Å². The van der Waals surface area contributed by atoms with E-state index in [1.165, 1.54) is 0 Å². The van der Waals surface area contributed by atoms with E-state index in [-0.39, 0.29) is 12.2 Å². The normalized spacial score (nSPS) is 21.9. The van der Waals surface area contributed by atoms with Gasteiger partial charge in [0, 0.05) is 10.9 Å². The van der Waals surface area contributed by atoms with Gasteiger partial charge >= 0.3 is 5.97 Å². The minimum atomic E-state index is -0.874. The molecule has 0 spiro atoms. The molecule has 0 saturated carbocycles. The minimum Gasteiger partial charge on any atom is -0.508 e. The van der Waals surface area contributed by atoms with Crippen LogP contribution in [-0.4, -0.2) is 27.8 Å². The lowest BCUT2D eigenvalue weighted by Gasteiger charge is -2.35. The summed E-state index contributed by atoms with van der Waals surface area (Å²) in [5, 5.41) is 19.8. The van der Waals surface area contributed by atoms with Crippen molar-refractivity contribution in [2.24, 2.45) is 0 Å². The predicted molar refractivity (Wildman–Crippen MR) is 73.8 cm³/mol. The van der Waals surface area contributed by atoms with Gasteiger partial charge in [-0.1, -0.05) is 6.92 Å². The number of rotatable bonds is 3. The van der Waals surface area contributed by atoms with Gasteiger partial charge in [-0.3, -0.25) is 4.79 Å². The molecular formula is C15H17NO4. The number of aromatic nitrogens is 1. The summed E-state index contributed by atoms with van der Waals surface area (Å²) in [5.74, 6) is -0.660. The summed E-state index contributed by atoms with van der Waals surface area (Å²) in [4.78, 5) is 14.5. The molecule has 0 fully saturated rings. The molecular weight excluding hydrogens is 258 g/mol. The molecule has 0 amide bonds. The highest BCUT2D eigenvalue weighted by molar-refractivity contribution is 5.87. The Balaban J connectivity index is 2.21. The number of hydrogen-bond acceptors (Lipinski definition) is 3. The molecule has 1 aromatic heterocycles. The van der Waals surface area contributed by atoms with E-state index in [0.717, 1.165) is 28.6 Å². The van der Waals surface area contributed by atoms with Crippen LogP contribution >= 0.6 is 0 Å². The molecule has 1 aliphatic rings. The minimum absolute atomic E-state index is 0.0602. The van der Waals surface area contributed by atoms with E-state index < -0.39 is 11.6 Å². The SMILES string of the molecule is CCC1(CC(=O)O)OCCc2c1[nH]c1ccc(O)cc21. The number of phenolic OH excluding ortho intramolecular Hbond substituents is 1. The third-order valence-corrected chi connectivity index (χ3v) is 4.08. The van der Waals surface area contributed by atoms with Crippen LogP contribution in [0, 0.1) is 0 Å². The summed E-state index contributed by atoms with van der Waals surface area (Å²) in [6, 6.07) is 5.15. The molecule has 1 atom stereocenters. The van der Waals surface area contributed by atoms with Gasteiger partial charge in [0.25, 0.3) is 0 Å². The second kappa shape index (κ2) is 4.52. The van der Waals surface area contributed by atoms with Crippen molar-refractivity contribution in [2.75, 3.05) is 6.61 Å². The Morgan fingerprint density at radius 1 is 1.50 bits per heavy atom. The lowest BCUT2D eigenvalue weighted by molar-refractivity contribution is -0.148. The summed E-state index contributed by atoms with van der Waals surface area (Å²) in [6.07, 6.45) is 1.25. The zero-order valence-electron chi connectivity index (χ0n) is 11.3. The Bertz CT molecular complexity index is 676. The van der Waals surface area contributed by atoms with E-state index in [9.17, 15) is 15.0 Å². The quantitative estimate of drug-likeness (QED) is 0.803. The Hall–Kier alpha value is -2.01. The van der Waals surface area contributed by atoms with Crippen LogP contribution in [0.3, 0.4) is 0 Å². The first-order valence-corrected chi connectivity index (χ1v) is 6.75. The molecule has 106 valence electrons. The standard InChI is InChI=1S/C15H17NO4/c1-2-15(8-13(18)19)14-10(5-6-20-15)11-7-9(17)3-4-12(11)16-14/h3-4,7,16-17H,2,5-6,8H2,1H3,(H,18,19). The number of phenols is 1. The van der Waals surface area contributed by atoms with Crippen LogP contribution in [0.2, 0.25) is 0 Å². The Morgan fingerprint density at radius 3 is 3.00 bits per heavy atom. The number of carbonyl (C=O) groups is 1. The van der Waals surface area contributed by atoms with Crippen LogP contribution in [0.4, 0.5) is 0 Å². The van der Waals surface area contributed by atoms with E-state index in [0.29, 0.717) is 13.0 Å². The van der Waals surface area contributed by atoms with Crippen molar-refractivity contribution in [3.8, 4) is 5.75 Å². The molecule has 1 aliphatic heterocycles. The molecule has 5 nitrogen and oxygen atoms in total. The second-order valence-corrected chi connectivity index (χ2v) is 5.23. The lowest BCUT2D eigenvalue weighted by atomic mass is 9.86. The highest BCUT2D eigenvalue weighted by atomic mass is 16.5. The van der Waals surface area contributed by atoms with Gasteiger partial charge < -0.3 is 19.9 Å². The average Bonchev–Trinajstić information content (AvgIpc) is 2.78. The number of fused-ring (bicyclic) bond motifs is 3. The maximum absolute atomic E-state index is 11.2. The van der Waals surface area contributed by atoms with Crippen molar-refractivity contribution in [1.29, 1.82) is 0 Å². The fourth-order valence-electron chi connectivity index (χ4n) is 3.09. The number of H-pyrrole nitrogens is 1. The van der Waals surface area contributed by atoms with Crippen LogP contribution in [0.5, 0.6) is 5.75 Å². The first kappa shape index (κ1) is 13.0. The number of aromatic amines is 1. The highest BCUT2D eigenvalue weighted by Crippen LogP contribution is 2.41. The van der Waals surface area contributed by atoms with Gasteiger partial charge in [0.05, 0.1) is 18.7 Å². The van der Waals surface area contributed by atoms with Crippen molar-refractivity contribution in [2.45, 2.75) is 31.8 Å². The molecule has 2 heterocycles.